The number of aryl methyl sites for hydroxylation is 2. The molecule has 0 saturated heterocycles. The summed E-state index contributed by atoms with van der Waals surface area (Å²) < 4.78 is 0. The maximum Gasteiger partial charge on any atom is -0.00713 e. The first-order chi connectivity index (χ1) is 7.22. The highest BCUT2D eigenvalue weighted by molar-refractivity contribution is 5.34. The van der Waals surface area contributed by atoms with Gasteiger partial charge in [-0.3, -0.25) is 0 Å². The second-order valence-electron chi connectivity index (χ2n) is 4.88. The summed E-state index contributed by atoms with van der Waals surface area (Å²) in [4.78, 5) is 0. The maximum absolute atomic E-state index is 5.72. The van der Waals surface area contributed by atoms with Gasteiger partial charge >= 0.3 is 0 Å². The van der Waals surface area contributed by atoms with E-state index in [-0.39, 0.29) is 0 Å². The van der Waals surface area contributed by atoms with Crippen molar-refractivity contribution >= 4 is 0 Å². The summed E-state index contributed by atoms with van der Waals surface area (Å²) in [6, 6.07) is 6.80. The molecule has 1 nitrogen and oxygen atoms in total. The lowest BCUT2D eigenvalue weighted by Crippen LogP contribution is -2.10. The van der Waals surface area contributed by atoms with Crippen LogP contribution in [-0.2, 0) is 0 Å². The number of hydrogen-bond acceptors (Lipinski definition) is 1. The first kappa shape index (κ1) is 10.7. The Kier molecular flexibility index (Phi) is 3.11. The number of nitrogens with two attached hydrogens (primary N) is 1. The van der Waals surface area contributed by atoms with E-state index < -0.39 is 0 Å². The molecule has 0 heterocycles. The topological polar surface area (TPSA) is 26.0 Å². The third-order valence-corrected chi connectivity index (χ3v) is 3.50. The van der Waals surface area contributed by atoms with E-state index in [2.05, 4.69) is 32.0 Å². The Morgan fingerprint density at radius 3 is 2.67 bits per heavy atom. The molecule has 0 radical (unpaired) electrons. The molecular formula is C14H21N. The van der Waals surface area contributed by atoms with E-state index in [0.717, 1.165) is 24.8 Å². The molecule has 0 amide bonds. The van der Waals surface area contributed by atoms with Crippen molar-refractivity contribution in [3.63, 3.8) is 0 Å². The van der Waals surface area contributed by atoms with Gasteiger partial charge in [0.15, 0.2) is 0 Å². The monoisotopic (exact) mass is 203 g/mol. The quantitative estimate of drug-likeness (QED) is 0.799. The number of benzene rings is 1. The standard InChI is InChI=1S/C14H21N/c1-10-3-4-11(2)14(9-10)13(7-8-15)12-5-6-12/h3-4,9,12-13H,5-8,15H2,1-2H3. The highest BCUT2D eigenvalue weighted by atomic mass is 14.5. The Morgan fingerprint density at radius 2 is 2.07 bits per heavy atom. The van der Waals surface area contributed by atoms with Crippen molar-refractivity contribution in [2.24, 2.45) is 11.7 Å². The van der Waals surface area contributed by atoms with Gasteiger partial charge in [0.2, 0.25) is 0 Å². The highest BCUT2D eigenvalue weighted by Gasteiger charge is 2.32. The molecule has 1 aromatic carbocycles. The molecule has 1 saturated carbocycles. The van der Waals surface area contributed by atoms with Crippen LogP contribution in [0.15, 0.2) is 18.2 Å². The Hall–Kier alpha value is -0.820. The average Bonchev–Trinajstić information content (AvgIpc) is 3.02. The van der Waals surface area contributed by atoms with Crippen molar-refractivity contribution < 1.29 is 0 Å². The fraction of sp³-hybridized carbons (Fsp3) is 0.571. The van der Waals surface area contributed by atoms with Gasteiger partial charge in [0.25, 0.3) is 0 Å². The Balaban J connectivity index is 2.27. The molecule has 0 aromatic heterocycles. The van der Waals surface area contributed by atoms with Crippen LogP contribution in [-0.4, -0.2) is 6.54 Å². The van der Waals surface area contributed by atoms with Crippen LogP contribution in [0.5, 0.6) is 0 Å². The lowest BCUT2D eigenvalue weighted by molar-refractivity contribution is 0.562. The van der Waals surface area contributed by atoms with Gasteiger partial charge in [0.05, 0.1) is 0 Å². The molecule has 1 aliphatic rings. The minimum Gasteiger partial charge on any atom is -0.330 e. The Labute approximate surface area is 92.7 Å². The number of rotatable bonds is 4. The van der Waals surface area contributed by atoms with Crippen LogP contribution in [0.2, 0.25) is 0 Å². The molecule has 82 valence electrons. The molecule has 1 unspecified atom stereocenters. The van der Waals surface area contributed by atoms with Crippen LogP contribution in [0.1, 0.15) is 41.9 Å². The first-order valence-corrected chi connectivity index (χ1v) is 5.99. The molecular weight excluding hydrogens is 182 g/mol. The largest absolute Gasteiger partial charge is 0.330 e. The molecule has 1 heteroatoms. The van der Waals surface area contributed by atoms with Crippen molar-refractivity contribution in [1.82, 2.24) is 0 Å². The third-order valence-electron chi connectivity index (χ3n) is 3.50. The van der Waals surface area contributed by atoms with Gasteiger partial charge in [0.1, 0.15) is 0 Å². The highest BCUT2D eigenvalue weighted by Crippen LogP contribution is 2.45. The zero-order valence-electron chi connectivity index (χ0n) is 9.79. The molecule has 0 spiro atoms. The van der Waals surface area contributed by atoms with E-state index in [1.807, 2.05) is 0 Å². The van der Waals surface area contributed by atoms with Crippen molar-refractivity contribution in [3.05, 3.63) is 34.9 Å². The predicted molar refractivity (Wildman–Crippen MR) is 65.1 cm³/mol. The zero-order valence-corrected chi connectivity index (χ0v) is 9.79. The smallest absolute Gasteiger partial charge is 0.00713 e. The molecule has 1 atom stereocenters. The summed E-state index contributed by atoms with van der Waals surface area (Å²) in [5.74, 6) is 1.63. The summed E-state index contributed by atoms with van der Waals surface area (Å²) in [6.07, 6.45) is 3.95. The van der Waals surface area contributed by atoms with Gasteiger partial charge in [-0.1, -0.05) is 23.8 Å². The molecule has 0 bridgehead atoms. The van der Waals surface area contributed by atoms with Crippen LogP contribution < -0.4 is 5.73 Å². The van der Waals surface area contributed by atoms with E-state index in [1.165, 1.54) is 24.0 Å². The van der Waals surface area contributed by atoms with Crippen molar-refractivity contribution in [1.29, 1.82) is 0 Å². The minimum atomic E-state index is 0.717. The van der Waals surface area contributed by atoms with Crippen molar-refractivity contribution in [3.8, 4) is 0 Å². The lowest BCUT2D eigenvalue weighted by atomic mass is 9.87. The van der Waals surface area contributed by atoms with Crippen molar-refractivity contribution in [2.75, 3.05) is 6.54 Å². The fourth-order valence-electron chi connectivity index (χ4n) is 2.48. The summed E-state index contributed by atoms with van der Waals surface area (Å²) in [7, 11) is 0. The third kappa shape index (κ3) is 2.40. The van der Waals surface area contributed by atoms with E-state index >= 15 is 0 Å². The zero-order chi connectivity index (χ0) is 10.8. The minimum absolute atomic E-state index is 0.717. The van der Waals surface area contributed by atoms with Gasteiger partial charge < -0.3 is 5.73 Å². The van der Waals surface area contributed by atoms with Gasteiger partial charge in [0, 0.05) is 0 Å². The maximum atomic E-state index is 5.72. The predicted octanol–water partition coefficient (Wildman–Crippen LogP) is 3.15. The van der Waals surface area contributed by atoms with E-state index in [9.17, 15) is 0 Å². The summed E-state index contributed by atoms with van der Waals surface area (Å²) in [5.41, 5.74) is 10.1. The fourth-order valence-corrected chi connectivity index (χ4v) is 2.48. The molecule has 2 N–H and O–H groups in total. The second-order valence-corrected chi connectivity index (χ2v) is 4.88. The summed E-state index contributed by atoms with van der Waals surface area (Å²) in [5, 5.41) is 0. The van der Waals surface area contributed by atoms with Gasteiger partial charge in [-0.15, -0.1) is 0 Å². The van der Waals surface area contributed by atoms with Crippen LogP contribution in [0.25, 0.3) is 0 Å². The molecule has 1 aliphatic carbocycles. The normalized spacial score (nSPS) is 17.8. The Morgan fingerprint density at radius 1 is 1.33 bits per heavy atom. The molecule has 0 aliphatic heterocycles. The van der Waals surface area contributed by atoms with E-state index in [1.54, 1.807) is 5.56 Å². The van der Waals surface area contributed by atoms with E-state index in [4.69, 9.17) is 5.73 Å². The number of hydrogen-bond donors (Lipinski definition) is 1. The summed E-state index contributed by atoms with van der Waals surface area (Å²) >= 11 is 0. The average molecular weight is 203 g/mol. The van der Waals surface area contributed by atoms with Crippen LogP contribution in [0.3, 0.4) is 0 Å². The second kappa shape index (κ2) is 4.36. The van der Waals surface area contributed by atoms with Crippen LogP contribution >= 0.6 is 0 Å². The molecule has 15 heavy (non-hydrogen) atoms. The van der Waals surface area contributed by atoms with Crippen LogP contribution in [0, 0.1) is 19.8 Å². The summed E-state index contributed by atoms with van der Waals surface area (Å²) in [6.45, 7) is 5.21. The lowest BCUT2D eigenvalue weighted by Gasteiger charge is -2.18. The van der Waals surface area contributed by atoms with E-state index in [0.29, 0.717) is 0 Å². The van der Waals surface area contributed by atoms with Gasteiger partial charge in [-0.25, -0.2) is 0 Å². The SMILES string of the molecule is Cc1ccc(C)c(C(CCN)C2CC2)c1. The molecule has 2 rings (SSSR count). The van der Waals surface area contributed by atoms with Crippen LogP contribution in [0.4, 0.5) is 0 Å². The van der Waals surface area contributed by atoms with Gasteiger partial charge in [-0.05, 0) is 62.6 Å². The van der Waals surface area contributed by atoms with Gasteiger partial charge in [-0.2, -0.15) is 0 Å². The molecule has 1 fully saturated rings. The molecule has 1 aromatic rings. The first-order valence-electron chi connectivity index (χ1n) is 5.99. The van der Waals surface area contributed by atoms with Crippen molar-refractivity contribution in [2.45, 2.75) is 39.0 Å². The Bertz CT molecular complexity index is 339.